The molecule has 320 valence electrons. The first-order chi connectivity index (χ1) is 26.1. The Hall–Kier alpha value is -1.19. The van der Waals surface area contributed by atoms with Gasteiger partial charge < -0.3 is 37.2 Å². The summed E-state index contributed by atoms with van der Waals surface area (Å²) in [7, 11) is -2.81. The zero-order valence-corrected chi connectivity index (χ0v) is 43.3. The number of hydrogen-bond acceptors (Lipinski definition) is 0. The molecule has 5 heteroatoms. The van der Waals surface area contributed by atoms with Gasteiger partial charge >= 0.3 is 21.7 Å². The molecule has 0 aliphatic heterocycles. The van der Waals surface area contributed by atoms with Crippen LogP contribution in [0.4, 0.5) is 0 Å². The minimum Gasteiger partial charge on any atom is -1.00 e. The van der Waals surface area contributed by atoms with Crippen LogP contribution in [0.2, 0.25) is 0 Å². The van der Waals surface area contributed by atoms with Crippen LogP contribution in [0, 0.1) is 41.5 Å². The van der Waals surface area contributed by atoms with Crippen LogP contribution in [0.5, 0.6) is 0 Å². The maximum Gasteiger partial charge on any atom is 4.00 e. The van der Waals surface area contributed by atoms with Gasteiger partial charge in [-0.3, -0.25) is 0 Å². The summed E-state index contributed by atoms with van der Waals surface area (Å²) < 4.78 is 0. The topological polar surface area (TPSA) is 0 Å². The predicted molar refractivity (Wildman–Crippen MR) is 245 cm³/mol. The molecule has 0 aliphatic rings. The molecule has 0 bridgehead atoms. The van der Waals surface area contributed by atoms with Crippen LogP contribution in [0.1, 0.15) is 186 Å². The standard InChI is InChI=1S/C53H79Si.3ClH.Ti/c1-11-15-19-23-27-46-34-47(28-24-20-16-12-2)37-51(36-46)54(50-32-40(5)31-41(6)33-50,53-44(9)42(7)43(8)45(53)10)52-38-48(29-25-21-17-13-3)35-49(39-52)30-26-22-18-14-4;;;;/h31-39H,11-30H2,1-10H3;3*1H;/q-1;;;;+4/p-3. The quantitative estimate of drug-likeness (QED) is 0.0430. The summed E-state index contributed by atoms with van der Waals surface area (Å²) in [5.74, 6) is 0. The molecule has 0 heterocycles. The molecule has 4 aromatic rings. The van der Waals surface area contributed by atoms with Crippen molar-refractivity contribution in [1.82, 2.24) is 0 Å². The molecule has 0 nitrogen and oxygen atoms in total. The zero-order valence-electron chi connectivity index (χ0n) is 38.5. The maximum atomic E-state index is 2.73. The number of halogens is 3. The Balaban J connectivity index is 0.00000812. The second-order valence-corrected chi connectivity index (χ2v) is 21.1. The van der Waals surface area contributed by atoms with Crippen LogP contribution >= 0.6 is 0 Å². The van der Waals surface area contributed by atoms with Crippen LogP contribution in [0.15, 0.2) is 54.6 Å². The zero-order chi connectivity index (χ0) is 39.1. The van der Waals surface area contributed by atoms with E-state index in [0.29, 0.717) is 0 Å². The number of rotatable bonds is 24. The molecule has 0 atom stereocenters. The van der Waals surface area contributed by atoms with E-state index < -0.39 is 8.07 Å². The van der Waals surface area contributed by atoms with Crippen LogP contribution in [-0.4, -0.2) is 8.07 Å². The molecule has 0 fully saturated rings. The first kappa shape index (κ1) is 56.8. The molecule has 58 heavy (non-hydrogen) atoms. The van der Waals surface area contributed by atoms with Gasteiger partial charge in [-0.1, -0.05) is 214 Å². The monoisotopic (exact) mass is 896 g/mol. The van der Waals surface area contributed by atoms with Crippen molar-refractivity contribution in [3.63, 3.8) is 0 Å². The van der Waals surface area contributed by atoms with Crippen LogP contribution in [0.3, 0.4) is 0 Å². The second-order valence-electron chi connectivity index (χ2n) is 17.3. The third-order valence-electron chi connectivity index (χ3n) is 12.7. The van der Waals surface area contributed by atoms with Crippen molar-refractivity contribution in [2.75, 3.05) is 0 Å². The summed E-state index contributed by atoms with van der Waals surface area (Å²) in [6, 6.07) is 23.8. The summed E-state index contributed by atoms with van der Waals surface area (Å²) in [6.07, 6.45) is 25.7. The molecule has 0 aromatic heterocycles. The summed E-state index contributed by atoms with van der Waals surface area (Å²) in [5, 5.41) is 6.50. The van der Waals surface area contributed by atoms with Gasteiger partial charge in [0.15, 0.2) is 0 Å². The molecule has 0 saturated carbocycles. The van der Waals surface area contributed by atoms with Crippen molar-refractivity contribution in [3.8, 4) is 0 Å². The van der Waals surface area contributed by atoms with E-state index in [1.807, 2.05) is 0 Å². The Morgan fingerprint density at radius 1 is 0.362 bits per heavy atom. The fourth-order valence-corrected chi connectivity index (χ4v) is 15.3. The van der Waals surface area contributed by atoms with Crippen molar-refractivity contribution >= 4 is 28.8 Å². The third kappa shape index (κ3) is 15.0. The maximum absolute atomic E-state index is 2.81. The van der Waals surface area contributed by atoms with Gasteiger partial charge in [-0.25, -0.2) is 0 Å². The van der Waals surface area contributed by atoms with Gasteiger partial charge in [0, 0.05) is 0 Å². The third-order valence-corrected chi connectivity index (χ3v) is 17.7. The fraction of sp³-hybridized carbons (Fsp3) is 0.566. The second kappa shape index (κ2) is 29.2. The molecule has 0 spiro atoms. The van der Waals surface area contributed by atoms with E-state index in [4.69, 9.17) is 0 Å². The largest absolute Gasteiger partial charge is 4.00 e. The van der Waals surface area contributed by atoms with E-state index in [1.54, 1.807) is 43.0 Å². The average Bonchev–Trinajstić information content (AvgIpc) is 3.34. The van der Waals surface area contributed by atoms with Crippen molar-refractivity contribution in [3.05, 3.63) is 110 Å². The van der Waals surface area contributed by atoms with Gasteiger partial charge in [0.05, 0.1) is 0 Å². The van der Waals surface area contributed by atoms with E-state index in [1.165, 1.54) is 162 Å². The molecule has 0 saturated heterocycles. The van der Waals surface area contributed by atoms with Gasteiger partial charge in [-0.2, -0.15) is 22.3 Å². The van der Waals surface area contributed by atoms with Crippen molar-refractivity contribution in [1.29, 1.82) is 0 Å². The molecule has 0 unspecified atom stereocenters. The van der Waals surface area contributed by atoms with Gasteiger partial charge in [0.2, 0.25) is 0 Å². The normalized spacial score (nSPS) is 11.1. The van der Waals surface area contributed by atoms with E-state index in [0.717, 1.165) is 0 Å². The Kier molecular flexibility index (Phi) is 28.6. The minimum absolute atomic E-state index is 0. The predicted octanol–water partition coefficient (Wildman–Crippen LogP) is 4.13. The molecule has 4 rings (SSSR count). The molecular weight excluding hydrogens is 819 g/mol. The van der Waals surface area contributed by atoms with E-state index in [-0.39, 0.29) is 58.9 Å². The number of benzene rings is 3. The summed E-state index contributed by atoms with van der Waals surface area (Å²) >= 11 is 0. The van der Waals surface area contributed by atoms with Gasteiger partial charge in [-0.15, -0.1) is 5.19 Å². The van der Waals surface area contributed by atoms with E-state index in [2.05, 4.69) is 124 Å². The molecule has 0 radical (unpaired) electrons. The summed E-state index contributed by atoms with van der Waals surface area (Å²) in [4.78, 5) is 0. The Bertz CT molecular complexity index is 1580. The molecule has 0 aliphatic carbocycles. The van der Waals surface area contributed by atoms with Crippen molar-refractivity contribution < 1.29 is 58.9 Å². The Morgan fingerprint density at radius 2 is 0.638 bits per heavy atom. The van der Waals surface area contributed by atoms with Crippen LogP contribution in [0.25, 0.3) is 0 Å². The average molecular weight is 899 g/mol. The minimum atomic E-state index is -2.81. The first-order valence-corrected chi connectivity index (χ1v) is 24.7. The first-order valence-electron chi connectivity index (χ1n) is 22.7. The van der Waals surface area contributed by atoms with E-state index >= 15 is 0 Å². The van der Waals surface area contributed by atoms with Gasteiger partial charge in [0.1, 0.15) is 8.07 Å². The number of hydrogen-bond donors (Lipinski definition) is 0. The number of aryl methyl sites for hydroxylation is 6. The van der Waals surface area contributed by atoms with Crippen molar-refractivity contribution in [2.24, 2.45) is 0 Å². The van der Waals surface area contributed by atoms with E-state index in [9.17, 15) is 0 Å². The van der Waals surface area contributed by atoms with Gasteiger partial charge in [0.25, 0.3) is 0 Å². The molecule has 0 N–H and O–H groups in total. The Morgan fingerprint density at radius 3 is 0.914 bits per heavy atom. The molecular formula is C53H79Cl3SiTi. The smallest absolute Gasteiger partial charge is 1.00 e. The van der Waals surface area contributed by atoms with Crippen LogP contribution in [-0.2, 0) is 47.4 Å². The molecule has 4 aromatic carbocycles. The van der Waals surface area contributed by atoms with Gasteiger partial charge in [-0.05, 0) is 87.5 Å². The van der Waals surface area contributed by atoms with Crippen LogP contribution < -0.4 is 58.0 Å². The molecule has 0 amide bonds. The summed E-state index contributed by atoms with van der Waals surface area (Å²) in [5.41, 5.74) is 15.1. The number of unbranched alkanes of at least 4 members (excludes halogenated alkanes) is 12. The fourth-order valence-electron chi connectivity index (χ4n) is 9.46. The Labute approximate surface area is 392 Å². The SMILES string of the molecule is CCCCCCc1cc(CCCCCC)cc([Si](c2cc(C)cc(C)c2)(c2cc(CCCCCC)cc(CCCCCC)c2)[c-]2c(C)c(C)c(C)c2C)c1.[Cl-].[Cl-].[Cl-].[Ti+4]. The van der Waals surface area contributed by atoms with Crippen molar-refractivity contribution in [2.45, 2.75) is 198 Å². The summed E-state index contributed by atoms with van der Waals surface area (Å²) in [6.45, 7) is 23.8.